The van der Waals surface area contributed by atoms with E-state index in [4.69, 9.17) is 4.74 Å². The van der Waals surface area contributed by atoms with E-state index in [2.05, 4.69) is 24.5 Å². The summed E-state index contributed by atoms with van der Waals surface area (Å²) in [5.74, 6) is 0.622. The van der Waals surface area contributed by atoms with Gasteiger partial charge in [-0.2, -0.15) is 0 Å². The molecule has 1 saturated heterocycles. The lowest BCUT2D eigenvalue weighted by molar-refractivity contribution is -0.122. The van der Waals surface area contributed by atoms with Crippen molar-refractivity contribution in [1.29, 1.82) is 0 Å². The van der Waals surface area contributed by atoms with Crippen molar-refractivity contribution in [1.82, 2.24) is 10.6 Å². The quantitative estimate of drug-likeness (QED) is 0.702. The summed E-state index contributed by atoms with van der Waals surface area (Å²) >= 11 is 0. The van der Waals surface area contributed by atoms with E-state index in [1.807, 2.05) is 0 Å². The molecule has 1 rings (SSSR count). The second-order valence-electron chi connectivity index (χ2n) is 4.25. The third-order valence-electron chi connectivity index (χ3n) is 2.77. The van der Waals surface area contributed by atoms with Crippen molar-refractivity contribution < 1.29 is 9.53 Å². The summed E-state index contributed by atoms with van der Waals surface area (Å²) in [5, 5.41) is 6.24. The normalized spacial score (nSPS) is 23.5. The van der Waals surface area contributed by atoms with Gasteiger partial charge in [-0.05, 0) is 5.92 Å². The van der Waals surface area contributed by atoms with Crippen LogP contribution in [0.5, 0.6) is 0 Å². The molecule has 0 spiro atoms. The van der Waals surface area contributed by atoms with Gasteiger partial charge in [0.2, 0.25) is 5.91 Å². The minimum Gasteiger partial charge on any atom is -0.378 e. The molecule has 1 aliphatic heterocycles. The monoisotopic (exact) mass is 214 g/mol. The van der Waals surface area contributed by atoms with E-state index in [1.165, 1.54) is 0 Å². The van der Waals surface area contributed by atoms with Crippen LogP contribution in [0, 0.1) is 5.92 Å². The van der Waals surface area contributed by atoms with Gasteiger partial charge in [0.05, 0.1) is 13.2 Å². The summed E-state index contributed by atoms with van der Waals surface area (Å²) in [4.78, 5) is 11.5. The fourth-order valence-corrected chi connectivity index (χ4v) is 1.52. The van der Waals surface area contributed by atoms with Crippen molar-refractivity contribution in [2.75, 3.05) is 26.3 Å². The maximum atomic E-state index is 11.5. The lowest BCUT2D eigenvalue weighted by atomic mass is 10.1. The number of carbonyl (C=O) groups is 1. The Kier molecular flexibility index (Phi) is 5.65. The summed E-state index contributed by atoms with van der Waals surface area (Å²) in [6, 6.07) is 0.277. The predicted molar refractivity (Wildman–Crippen MR) is 59.7 cm³/mol. The molecule has 0 saturated carbocycles. The van der Waals surface area contributed by atoms with Crippen LogP contribution in [-0.2, 0) is 9.53 Å². The van der Waals surface area contributed by atoms with Gasteiger partial charge in [-0.15, -0.1) is 0 Å². The molecule has 0 aromatic rings. The summed E-state index contributed by atoms with van der Waals surface area (Å²) in [5.41, 5.74) is 0. The number of amides is 1. The minimum absolute atomic E-state index is 0.150. The number of morpholine rings is 1. The topological polar surface area (TPSA) is 50.4 Å². The highest BCUT2D eigenvalue weighted by Crippen LogP contribution is 2.05. The number of hydrogen-bond donors (Lipinski definition) is 2. The van der Waals surface area contributed by atoms with E-state index in [9.17, 15) is 4.79 Å². The maximum absolute atomic E-state index is 11.5. The Bertz CT molecular complexity index is 191. The molecule has 4 heteroatoms. The average Bonchev–Trinajstić information content (AvgIpc) is 2.27. The van der Waals surface area contributed by atoms with E-state index in [1.54, 1.807) is 0 Å². The van der Waals surface area contributed by atoms with Gasteiger partial charge in [-0.25, -0.2) is 0 Å². The van der Waals surface area contributed by atoms with Gasteiger partial charge in [0.25, 0.3) is 0 Å². The second-order valence-corrected chi connectivity index (χ2v) is 4.25. The zero-order valence-corrected chi connectivity index (χ0v) is 9.71. The van der Waals surface area contributed by atoms with E-state index in [-0.39, 0.29) is 11.9 Å². The first kappa shape index (κ1) is 12.5. The zero-order valence-electron chi connectivity index (χ0n) is 9.71. The molecule has 0 bridgehead atoms. The van der Waals surface area contributed by atoms with Crippen molar-refractivity contribution in [3.05, 3.63) is 0 Å². The van der Waals surface area contributed by atoms with Crippen LogP contribution in [0.4, 0.5) is 0 Å². The summed E-state index contributed by atoms with van der Waals surface area (Å²) in [6.07, 6.45) is 1.68. The molecule has 0 aliphatic carbocycles. The Morgan fingerprint density at radius 2 is 2.47 bits per heavy atom. The number of carbonyl (C=O) groups excluding carboxylic acids is 1. The second kappa shape index (κ2) is 6.80. The third kappa shape index (κ3) is 5.14. The first-order valence-electron chi connectivity index (χ1n) is 5.80. The fourth-order valence-electron chi connectivity index (χ4n) is 1.52. The summed E-state index contributed by atoms with van der Waals surface area (Å²) in [7, 11) is 0. The molecular weight excluding hydrogens is 192 g/mol. The van der Waals surface area contributed by atoms with Crippen LogP contribution in [0.3, 0.4) is 0 Å². The van der Waals surface area contributed by atoms with Gasteiger partial charge in [-0.3, -0.25) is 4.79 Å². The van der Waals surface area contributed by atoms with Crippen molar-refractivity contribution >= 4 is 5.91 Å². The molecule has 15 heavy (non-hydrogen) atoms. The molecule has 1 fully saturated rings. The molecule has 88 valence electrons. The Hall–Kier alpha value is -0.610. The third-order valence-corrected chi connectivity index (χ3v) is 2.77. The molecule has 0 aromatic heterocycles. The predicted octanol–water partition coefficient (Wildman–Crippen LogP) is 0.527. The van der Waals surface area contributed by atoms with Crippen LogP contribution >= 0.6 is 0 Å². The zero-order chi connectivity index (χ0) is 11.1. The average molecular weight is 214 g/mol. The Labute approximate surface area is 91.8 Å². The molecule has 1 aliphatic rings. The van der Waals surface area contributed by atoms with Crippen molar-refractivity contribution in [3.8, 4) is 0 Å². The molecule has 1 amide bonds. The number of nitrogens with one attached hydrogen (secondary N) is 2. The Morgan fingerprint density at radius 3 is 3.07 bits per heavy atom. The van der Waals surface area contributed by atoms with Crippen LogP contribution in [0.25, 0.3) is 0 Å². The minimum atomic E-state index is 0.150. The van der Waals surface area contributed by atoms with Gasteiger partial charge < -0.3 is 15.4 Å². The molecule has 2 atom stereocenters. The van der Waals surface area contributed by atoms with Gasteiger partial charge in [0.15, 0.2) is 0 Å². The number of rotatable bonds is 5. The first-order chi connectivity index (χ1) is 7.22. The van der Waals surface area contributed by atoms with Gasteiger partial charge in [-0.1, -0.05) is 20.3 Å². The van der Waals surface area contributed by atoms with Crippen LogP contribution in [0.2, 0.25) is 0 Å². The SMILES string of the molecule is CCC(C)CC(=O)NCC1COCCN1. The highest BCUT2D eigenvalue weighted by molar-refractivity contribution is 5.76. The van der Waals surface area contributed by atoms with Gasteiger partial charge in [0, 0.05) is 25.6 Å². The van der Waals surface area contributed by atoms with Crippen LogP contribution in [0.15, 0.2) is 0 Å². The van der Waals surface area contributed by atoms with Gasteiger partial charge >= 0.3 is 0 Å². The fraction of sp³-hybridized carbons (Fsp3) is 0.909. The van der Waals surface area contributed by atoms with E-state index >= 15 is 0 Å². The van der Waals surface area contributed by atoms with E-state index in [0.29, 0.717) is 25.5 Å². The number of ether oxygens (including phenoxy) is 1. The molecule has 4 nitrogen and oxygen atoms in total. The Balaban J connectivity index is 2.10. The lowest BCUT2D eigenvalue weighted by Crippen LogP contribution is -2.48. The lowest BCUT2D eigenvalue weighted by Gasteiger charge is -2.24. The number of hydrogen-bond acceptors (Lipinski definition) is 3. The smallest absolute Gasteiger partial charge is 0.220 e. The largest absolute Gasteiger partial charge is 0.378 e. The highest BCUT2D eigenvalue weighted by Gasteiger charge is 2.14. The van der Waals surface area contributed by atoms with Crippen molar-refractivity contribution in [2.45, 2.75) is 32.7 Å². The van der Waals surface area contributed by atoms with Gasteiger partial charge in [0.1, 0.15) is 0 Å². The molecule has 2 unspecified atom stereocenters. The molecule has 0 aromatic carbocycles. The summed E-state index contributed by atoms with van der Waals surface area (Å²) in [6.45, 7) is 7.23. The van der Waals surface area contributed by atoms with E-state index in [0.717, 1.165) is 19.6 Å². The van der Waals surface area contributed by atoms with Crippen LogP contribution in [-0.4, -0.2) is 38.3 Å². The standard InChI is InChI=1S/C11H22N2O2/c1-3-9(2)6-11(14)13-7-10-8-15-5-4-12-10/h9-10,12H,3-8H2,1-2H3,(H,13,14). The van der Waals surface area contributed by atoms with Crippen molar-refractivity contribution in [3.63, 3.8) is 0 Å². The maximum Gasteiger partial charge on any atom is 0.220 e. The first-order valence-corrected chi connectivity index (χ1v) is 5.80. The molecular formula is C11H22N2O2. The van der Waals surface area contributed by atoms with E-state index < -0.39 is 0 Å². The summed E-state index contributed by atoms with van der Waals surface area (Å²) < 4.78 is 5.30. The van der Waals surface area contributed by atoms with Crippen LogP contribution in [0.1, 0.15) is 26.7 Å². The Morgan fingerprint density at radius 1 is 1.67 bits per heavy atom. The molecule has 2 N–H and O–H groups in total. The molecule has 1 heterocycles. The molecule has 0 radical (unpaired) electrons. The van der Waals surface area contributed by atoms with Crippen molar-refractivity contribution in [2.24, 2.45) is 5.92 Å². The highest BCUT2D eigenvalue weighted by atomic mass is 16.5. The van der Waals surface area contributed by atoms with Crippen LogP contribution < -0.4 is 10.6 Å².